The molecule has 1 heterocycles. The smallest absolute Gasteiger partial charge is 0.166 e. The third kappa shape index (κ3) is 1.65. The van der Waals surface area contributed by atoms with Crippen molar-refractivity contribution < 1.29 is 4.79 Å². The molecule has 1 aliphatic rings. The quantitative estimate of drug-likeness (QED) is 0.616. The van der Waals surface area contributed by atoms with Crippen LogP contribution in [0.25, 0.3) is 20.5 Å². The molecule has 98 valence electrons. The number of fused-ring (bicyclic) bond motifs is 2. The van der Waals surface area contributed by atoms with E-state index in [4.69, 9.17) is 0 Å². The van der Waals surface area contributed by atoms with E-state index in [0.29, 0.717) is 5.78 Å². The molecule has 0 saturated carbocycles. The van der Waals surface area contributed by atoms with Crippen LogP contribution in [-0.4, -0.2) is 5.78 Å². The minimum absolute atomic E-state index is 0.125. The van der Waals surface area contributed by atoms with Crippen molar-refractivity contribution in [1.29, 1.82) is 0 Å². The van der Waals surface area contributed by atoms with Gasteiger partial charge in [-0.2, -0.15) is 0 Å². The maximum Gasteiger partial charge on any atom is 0.166 e. The van der Waals surface area contributed by atoms with E-state index in [2.05, 4.69) is 48.5 Å². The van der Waals surface area contributed by atoms with Gasteiger partial charge in [0.1, 0.15) is 0 Å². The van der Waals surface area contributed by atoms with Gasteiger partial charge in [-0.05, 0) is 29.5 Å². The minimum atomic E-state index is 0.125. The third-order valence-electron chi connectivity index (χ3n) is 4.06. The first-order chi connectivity index (χ1) is 9.74. The van der Waals surface area contributed by atoms with Crippen molar-refractivity contribution in [1.82, 2.24) is 0 Å². The highest BCUT2D eigenvalue weighted by atomic mass is 32.1. The molecule has 4 rings (SSSR count). The van der Waals surface area contributed by atoms with Crippen molar-refractivity contribution in [2.75, 3.05) is 0 Å². The number of carbonyl (C=O) groups is 1. The number of benzene rings is 2. The Morgan fingerprint density at radius 3 is 2.80 bits per heavy atom. The van der Waals surface area contributed by atoms with Gasteiger partial charge in [0.05, 0.1) is 0 Å². The molecule has 0 radical (unpaired) electrons. The molecule has 0 amide bonds. The number of ketones is 1. The summed E-state index contributed by atoms with van der Waals surface area (Å²) in [6.45, 7) is 2.02. The normalized spacial score (nSPS) is 17.6. The van der Waals surface area contributed by atoms with E-state index in [9.17, 15) is 4.79 Å². The Kier molecular flexibility index (Phi) is 2.54. The molecule has 2 heteroatoms. The Labute approximate surface area is 121 Å². The molecule has 1 aromatic heterocycles. The van der Waals surface area contributed by atoms with Crippen LogP contribution in [0.5, 0.6) is 0 Å². The largest absolute Gasteiger partial charge is 0.294 e. The lowest BCUT2D eigenvalue weighted by atomic mass is 10.0. The Bertz CT molecular complexity index is 795. The number of carbonyl (C=O) groups excluding carboxylic acids is 1. The van der Waals surface area contributed by atoms with Crippen LogP contribution in [0.2, 0.25) is 0 Å². The van der Waals surface area contributed by atoms with E-state index < -0.39 is 0 Å². The fourth-order valence-corrected chi connectivity index (χ4v) is 4.14. The summed E-state index contributed by atoms with van der Waals surface area (Å²) in [5.41, 5.74) is 3.27. The van der Waals surface area contributed by atoms with E-state index in [0.717, 1.165) is 17.5 Å². The number of rotatable bonds is 1. The number of hydrogen-bond acceptors (Lipinski definition) is 2. The first kappa shape index (κ1) is 11.9. The highest BCUT2D eigenvalue weighted by Crippen LogP contribution is 2.39. The summed E-state index contributed by atoms with van der Waals surface area (Å²) in [5, 5.41) is 1.25. The Balaban J connectivity index is 1.96. The van der Waals surface area contributed by atoms with E-state index in [-0.39, 0.29) is 5.92 Å². The second-order valence-electron chi connectivity index (χ2n) is 5.46. The summed E-state index contributed by atoms with van der Waals surface area (Å²) in [5.74, 6) is 0.425. The predicted molar refractivity (Wildman–Crippen MR) is 84.5 cm³/mol. The molecule has 3 aromatic rings. The van der Waals surface area contributed by atoms with Crippen molar-refractivity contribution in [3.8, 4) is 10.4 Å². The monoisotopic (exact) mass is 278 g/mol. The lowest BCUT2D eigenvalue weighted by molar-refractivity contribution is 0.0947. The fraction of sp³-hybridized carbons (Fsp3) is 0.167. The van der Waals surface area contributed by atoms with Crippen LogP contribution in [0.1, 0.15) is 22.8 Å². The van der Waals surface area contributed by atoms with Crippen LogP contribution in [0.4, 0.5) is 0 Å². The highest BCUT2D eigenvalue weighted by Gasteiger charge is 2.29. The van der Waals surface area contributed by atoms with E-state index in [1.807, 2.05) is 6.92 Å². The fourth-order valence-electron chi connectivity index (χ4n) is 3.05. The SMILES string of the molecule is CC1Cc2cccc(-c3cc4ccccc4s3)c2C1=O. The first-order valence-corrected chi connectivity index (χ1v) is 7.71. The molecule has 20 heavy (non-hydrogen) atoms. The van der Waals surface area contributed by atoms with Gasteiger partial charge in [-0.25, -0.2) is 0 Å². The molecule has 0 spiro atoms. The second-order valence-corrected chi connectivity index (χ2v) is 6.54. The Hall–Kier alpha value is -1.93. The number of Topliss-reactive ketones (excluding diaryl/α,β-unsaturated/α-hetero) is 1. The molecule has 1 atom stereocenters. The summed E-state index contributed by atoms with van der Waals surface area (Å²) in [6.07, 6.45) is 0.882. The molecular formula is C18H14OS. The zero-order valence-electron chi connectivity index (χ0n) is 11.2. The van der Waals surface area contributed by atoms with Crippen LogP contribution < -0.4 is 0 Å². The van der Waals surface area contributed by atoms with Crippen LogP contribution in [0.3, 0.4) is 0 Å². The molecule has 0 N–H and O–H groups in total. The summed E-state index contributed by atoms with van der Waals surface area (Å²) in [6, 6.07) is 16.8. The van der Waals surface area contributed by atoms with Gasteiger partial charge in [-0.3, -0.25) is 4.79 Å². The van der Waals surface area contributed by atoms with Gasteiger partial charge >= 0.3 is 0 Å². The van der Waals surface area contributed by atoms with Gasteiger partial charge in [-0.15, -0.1) is 11.3 Å². The molecule has 1 aliphatic carbocycles. The van der Waals surface area contributed by atoms with E-state index in [1.165, 1.54) is 20.5 Å². The van der Waals surface area contributed by atoms with Crippen molar-refractivity contribution in [3.63, 3.8) is 0 Å². The molecule has 0 bridgehead atoms. The average Bonchev–Trinajstić information content (AvgIpc) is 3.01. The van der Waals surface area contributed by atoms with Gasteiger partial charge in [0.2, 0.25) is 0 Å². The first-order valence-electron chi connectivity index (χ1n) is 6.89. The van der Waals surface area contributed by atoms with E-state index in [1.54, 1.807) is 11.3 Å². The predicted octanol–water partition coefficient (Wildman–Crippen LogP) is 4.94. The van der Waals surface area contributed by atoms with Gasteiger partial charge in [0.15, 0.2) is 5.78 Å². The van der Waals surface area contributed by atoms with Crippen LogP contribution in [-0.2, 0) is 6.42 Å². The molecule has 0 fully saturated rings. The van der Waals surface area contributed by atoms with Crippen molar-refractivity contribution >= 4 is 27.2 Å². The van der Waals surface area contributed by atoms with Gasteiger partial charge in [-0.1, -0.05) is 43.3 Å². The Morgan fingerprint density at radius 1 is 1.10 bits per heavy atom. The summed E-state index contributed by atoms with van der Waals surface area (Å²) < 4.78 is 1.28. The molecular weight excluding hydrogens is 264 g/mol. The Morgan fingerprint density at radius 2 is 1.95 bits per heavy atom. The molecule has 2 aromatic carbocycles. The molecule has 1 nitrogen and oxygen atoms in total. The van der Waals surface area contributed by atoms with E-state index >= 15 is 0 Å². The topological polar surface area (TPSA) is 17.1 Å². The average molecular weight is 278 g/mol. The molecule has 0 saturated heterocycles. The summed E-state index contributed by atoms with van der Waals surface area (Å²) in [7, 11) is 0. The zero-order chi connectivity index (χ0) is 13.7. The lowest BCUT2D eigenvalue weighted by Gasteiger charge is -2.04. The zero-order valence-corrected chi connectivity index (χ0v) is 12.0. The van der Waals surface area contributed by atoms with Gasteiger partial charge in [0.25, 0.3) is 0 Å². The minimum Gasteiger partial charge on any atom is -0.294 e. The second kappa shape index (κ2) is 4.29. The number of hydrogen-bond donors (Lipinski definition) is 0. The maximum absolute atomic E-state index is 12.4. The molecule has 1 unspecified atom stereocenters. The van der Waals surface area contributed by atoms with Crippen LogP contribution in [0.15, 0.2) is 48.5 Å². The standard InChI is InChI=1S/C18H14OS/c1-11-9-13-6-4-7-14(17(13)18(11)19)16-10-12-5-2-3-8-15(12)20-16/h2-8,10-11H,9H2,1H3. The maximum atomic E-state index is 12.4. The third-order valence-corrected chi connectivity index (χ3v) is 5.21. The van der Waals surface area contributed by atoms with Crippen molar-refractivity contribution in [2.24, 2.45) is 5.92 Å². The summed E-state index contributed by atoms with van der Waals surface area (Å²) >= 11 is 1.77. The van der Waals surface area contributed by atoms with Crippen LogP contribution in [0, 0.1) is 5.92 Å². The summed E-state index contributed by atoms with van der Waals surface area (Å²) in [4.78, 5) is 13.6. The van der Waals surface area contributed by atoms with Gasteiger partial charge in [0, 0.05) is 26.6 Å². The van der Waals surface area contributed by atoms with Crippen molar-refractivity contribution in [3.05, 3.63) is 59.7 Å². The number of thiophene rings is 1. The highest BCUT2D eigenvalue weighted by molar-refractivity contribution is 7.22. The van der Waals surface area contributed by atoms with Crippen LogP contribution >= 0.6 is 11.3 Å². The lowest BCUT2D eigenvalue weighted by Crippen LogP contribution is -2.04. The van der Waals surface area contributed by atoms with Crippen molar-refractivity contribution in [2.45, 2.75) is 13.3 Å². The van der Waals surface area contributed by atoms with Gasteiger partial charge < -0.3 is 0 Å². The molecule has 0 aliphatic heterocycles.